The number of methoxy groups -OCH3 is 2. The molecule has 0 atom stereocenters. The van der Waals surface area contributed by atoms with Crippen LogP contribution >= 0.6 is 0 Å². The normalized spacial score (nSPS) is 13.6. The Morgan fingerprint density at radius 3 is 1.75 bits per heavy atom. The molecule has 32 heavy (non-hydrogen) atoms. The maximum atomic E-state index is 13.1. The lowest BCUT2D eigenvalue weighted by Crippen LogP contribution is -2.50. The topological polar surface area (TPSA) is 59.1 Å². The molecule has 3 aromatic carbocycles. The first-order valence-corrected chi connectivity index (χ1v) is 10.6. The van der Waals surface area contributed by atoms with Crippen molar-refractivity contribution in [1.82, 2.24) is 9.80 Å². The molecule has 0 unspecified atom stereocenters. The van der Waals surface area contributed by atoms with Crippen LogP contribution in [0.1, 0.15) is 20.7 Å². The van der Waals surface area contributed by atoms with E-state index in [1.807, 2.05) is 53.4 Å². The van der Waals surface area contributed by atoms with Gasteiger partial charge in [0.1, 0.15) is 11.5 Å². The largest absolute Gasteiger partial charge is 0.497 e. The van der Waals surface area contributed by atoms with Gasteiger partial charge < -0.3 is 19.3 Å². The Morgan fingerprint density at radius 2 is 1.16 bits per heavy atom. The van der Waals surface area contributed by atoms with Crippen LogP contribution in [0, 0.1) is 0 Å². The number of hydrogen-bond acceptors (Lipinski definition) is 4. The number of hydrogen-bond donors (Lipinski definition) is 0. The van der Waals surface area contributed by atoms with Gasteiger partial charge in [0, 0.05) is 37.3 Å². The monoisotopic (exact) mass is 430 g/mol. The van der Waals surface area contributed by atoms with E-state index in [0.717, 1.165) is 16.9 Å². The summed E-state index contributed by atoms with van der Waals surface area (Å²) in [6.07, 6.45) is 0. The van der Waals surface area contributed by atoms with E-state index in [4.69, 9.17) is 9.47 Å². The summed E-state index contributed by atoms with van der Waals surface area (Å²) >= 11 is 0. The van der Waals surface area contributed by atoms with E-state index >= 15 is 0 Å². The van der Waals surface area contributed by atoms with E-state index in [9.17, 15) is 9.59 Å². The van der Waals surface area contributed by atoms with Gasteiger partial charge in [-0.25, -0.2) is 0 Å². The van der Waals surface area contributed by atoms with Crippen molar-refractivity contribution in [2.45, 2.75) is 0 Å². The molecule has 1 fully saturated rings. The molecular weight excluding hydrogens is 404 g/mol. The van der Waals surface area contributed by atoms with Gasteiger partial charge in [0.25, 0.3) is 11.8 Å². The molecule has 1 aliphatic rings. The van der Waals surface area contributed by atoms with E-state index < -0.39 is 0 Å². The third kappa shape index (κ3) is 4.59. The zero-order valence-corrected chi connectivity index (χ0v) is 18.3. The molecule has 4 rings (SSSR count). The van der Waals surface area contributed by atoms with Crippen molar-refractivity contribution in [2.75, 3.05) is 40.4 Å². The van der Waals surface area contributed by atoms with E-state index in [2.05, 4.69) is 0 Å². The molecule has 1 saturated heterocycles. The average molecular weight is 431 g/mol. The lowest BCUT2D eigenvalue weighted by molar-refractivity contribution is 0.0535. The van der Waals surface area contributed by atoms with Crippen molar-refractivity contribution in [1.29, 1.82) is 0 Å². The molecule has 164 valence electrons. The highest BCUT2D eigenvalue weighted by Crippen LogP contribution is 2.25. The highest BCUT2D eigenvalue weighted by Gasteiger charge is 2.25. The lowest BCUT2D eigenvalue weighted by atomic mass is 10.0. The zero-order chi connectivity index (χ0) is 22.5. The molecule has 0 bridgehead atoms. The van der Waals surface area contributed by atoms with Crippen molar-refractivity contribution in [3.05, 3.63) is 83.9 Å². The molecule has 3 aromatic rings. The van der Waals surface area contributed by atoms with Gasteiger partial charge in [-0.15, -0.1) is 0 Å². The van der Waals surface area contributed by atoms with Crippen LogP contribution in [0.4, 0.5) is 0 Å². The molecule has 2 amide bonds. The zero-order valence-electron chi connectivity index (χ0n) is 18.3. The minimum absolute atomic E-state index is 0.0220. The quantitative estimate of drug-likeness (QED) is 0.615. The Balaban J connectivity index is 1.41. The maximum Gasteiger partial charge on any atom is 0.253 e. The van der Waals surface area contributed by atoms with E-state index in [1.54, 1.807) is 43.4 Å². The van der Waals surface area contributed by atoms with Crippen LogP contribution in [0.3, 0.4) is 0 Å². The predicted octanol–water partition coefficient (Wildman–Crippen LogP) is 3.97. The Morgan fingerprint density at radius 1 is 0.625 bits per heavy atom. The van der Waals surface area contributed by atoms with Crippen LogP contribution in [0.15, 0.2) is 72.8 Å². The minimum atomic E-state index is -0.0280. The number of carbonyl (C=O) groups is 2. The van der Waals surface area contributed by atoms with Gasteiger partial charge >= 0.3 is 0 Å². The summed E-state index contributed by atoms with van der Waals surface area (Å²) < 4.78 is 10.5. The summed E-state index contributed by atoms with van der Waals surface area (Å²) in [5, 5.41) is 0. The fourth-order valence-electron chi connectivity index (χ4n) is 3.85. The van der Waals surface area contributed by atoms with Gasteiger partial charge in [-0.3, -0.25) is 9.59 Å². The number of rotatable bonds is 5. The Hall–Kier alpha value is -3.80. The molecular formula is C26H26N2O4. The van der Waals surface area contributed by atoms with Crippen molar-refractivity contribution in [3.63, 3.8) is 0 Å². The van der Waals surface area contributed by atoms with Crippen LogP contribution in [-0.4, -0.2) is 62.0 Å². The fraction of sp³-hybridized carbons (Fsp3) is 0.231. The second kappa shape index (κ2) is 9.56. The molecule has 0 saturated carbocycles. The van der Waals surface area contributed by atoms with E-state index in [1.165, 1.54) is 0 Å². The number of benzene rings is 3. The maximum absolute atomic E-state index is 13.1. The molecule has 0 aromatic heterocycles. The van der Waals surface area contributed by atoms with Crippen molar-refractivity contribution in [3.8, 4) is 22.6 Å². The summed E-state index contributed by atoms with van der Waals surface area (Å²) in [6, 6.07) is 22.5. The predicted molar refractivity (Wildman–Crippen MR) is 123 cm³/mol. The van der Waals surface area contributed by atoms with Crippen LogP contribution < -0.4 is 9.47 Å². The molecule has 6 heteroatoms. The highest BCUT2D eigenvalue weighted by molar-refractivity contribution is 5.96. The van der Waals surface area contributed by atoms with Crippen molar-refractivity contribution in [2.24, 2.45) is 0 Å². The Bertz CT molecular complexity index is 1100. The SMILES string of the molecule is COc1ccc(C(=O)N2CCN(C(=O)c3cccc(-c4cccc(OC)c4)c3)CC2)cc1. The van der Waals surface area contributed by atoms with Gasteiger partial charge in [0.15, 0.2) is 0 Å². The first-order chi connectivity index (χ1) is 15.6. The van der Waals surface area contributed by atoms with Gasteiger partial charge in [0.05, 0.1) is 14.2 Å². The van der Waals surface area contributed by atoms with E-state index in [0.29, 0.717) is 43.1 Å². The van der Waals surface area contributed by atoms with E-state index in [-0.39, 0.29) is 11.8 Å². The summed E-state index contributed by atoms with van der Waals surface area (Å²) in [5.41, 5.74) is 3.22. The number of amides is 2. The molecule has 0 N–H and O–H groups in total. The van der Waals surface area contributed by atoms with Crippen molar-refractivity contribution < 1.29 is 19.1 Å². The molecule has 0 aliphatic carbocycles. The molecule has 0 spiro atoms. The first-order valence-electron chi connectivity index (χ1n) is 10.6. The molecule has 6 nitrogen and oxygen atoms in total. The smallest absolute Gasteiger partial charge is 0.253 e. The third-order valence-corrected chi connectivity index (χ3v) is 5.70. The standard InChI is InChI=1S/C26H26N2O4/c1-31-23-11-9-19(10-12-23)25(29)27-13-15-28(16-14-27)26(30)22-7-3-5-20(17-22)21-6-4-8-24(18-21)32-2/h3-12,17-18H,13-16H2,1-2H3. The first kappa shape index (κ1) is 21.4. The number of piperazine rings is 1. The lowest BCUT2D eigenvalue weighted by Gasteiger charge is -2.35. The van der Waals surface area contributed by atoms with Crippen LogP contribution in [0.25, 0.3) is 11.1 Å². The van der Waals surface area contributed by atoms with Gasteiger partial charge in [-0.2, -0.15) is 0 Å². The molecule has 0 radical (unpaired) electrons. The summed E-state index contributed by atoms with van der Waals surface area (Å²) in [7, 11) is 3.23. The number of ether oxygens (including phenoxy) is 2. The molecule has 1 aliphatic heterocycles. The number of nitrogens with zero attached hydrogens (tertiary/aromatic N) is 2. The minimum Gasteiger partial charge on any atom is -0.497 e. The van der Waals surface area contributed by atoms with Crippen LogP contribution in [0.5, 0.6) is 11.5 Å². The average Bonchev–Trinajstić information content (AvgIpc) is 2.88. The summed E-state index contributed by atoms with van der Waals surface area (Å²) in [6.45, 7) is 2.02. The van der Waals surface area contributed by atoms with Gasteiger partial charge in [-0.05, 0) is 59.7 Å². The second-order valence-electron chi connectivity index (χ2n) is 7.63. The van der Waals surface area contributed by atoms with Crippen LogP contribution in [0.2, 0.25) is 0 Å². The van der Waals surface area contributed by atoms with Crippen LogP contribution in [-0.2, 0) is 0 Å². The number of carbonyl (C=O) groups excluding carboxylic acids is 2. The Kier molecular flexibility index (Phi) is 6.40. The van der Waals surface area contributed by atoms with Gasteiger partial charge in [0.2, 0.25) is 0 Å². The molecule has 1 heterocycles. The third-order valence-electron chi connectivity index (χ3n) is 5.70. The summed E-state index contributed by atoms with van der Waals surface area (Å²) in [5.74, 6) is 1.44. The highest BCUT2D eigenvalue weighted by atomic mass is 16.5. The van der Waals surface area contributed by atoms with Crippen molar-refractivity contribution >= 4 is 11.8 Å². The summed E-state index contributed by atoms with van der Waals surface area (Å²) in [4.78, 5) is 29.5. The van der Waals surface area contributed by atoms with Gasteiger partial charge in [-0.1, -0.05) is 24.3 Å². The Labute approximate surface area is 188 Å². The fourth-order valence-corrected chi connectivity index (χ4v) is 3.85. The second-order valence-corrected chi connectivity index (χ2v) is 7.63.